The summed E-state index contributed by atoms with van der Waals surface area (Å²) in [5, 5.41) is 20.8. The Kier molecular flexibility index (Phi) is 4.29. The monoisotopic (exact) mass is 316 g/mol. The summed E-state index contributed by atoms with van der Waals surface area (Å²) < 4.78 is 5.57. The number of β-amino-alcohol motifs (C(OH)–C–C–N with tert-alkyl or cyclic N) is 1. The molecule has 1 aliphatic rings. The normalized spacial score (nSPS) is 20.7. The van der Waals surface area contributed by atoms with Crippen LogP contribution in [0.15, 0.2) is 30.5 Å². The largest absolute Gasteiger partial charge is 0.494 e. The molecule has 0 bridgehead atoms. The van der Waals surface area contributed by atoms with Crippen molar-refractivity contribution in [2.75, 3.05) is 19.7 Å². The number of hydrogen-bond acceptors (Lipinski definition) is 5. The van der Waals surface area contributed by atoms with Gasteiger partial charge in [-0.15, -0.1) is 0 Å². The number of hydrogen-bond donors (Lipinski definition) is 2. The standard InChI is InChI=1S/C16H20N4O3/c1-2-8-23-13-5-3-4-12(9-13)15(21)20-7-6-16(22,11-20)14-10-17-19-18-14/h3-5,9-10,22H,2,6-8,11H2,1H3,(H,17,18,19)/t16-/m0/s1. The minimum atomic E-state index is -1.14. The van der Waals surface area contributed by atoms with Crippen molar-refractivity contribution < 1.29 is 14.6 Å². The second kappa shape index (κ2) is 6.37. The van der Waals surface area contributed by atoms with Crippen molar-refractivity contribution in [3.8, 4) is 5.75 Å². The molecule has 7 nitrogen and oxygen atoms in total. The van der Waals surface area contributed by atoms with Gasteiger partial charge in [0.1, 0.15) is 17.0 Å². The first kappa shape index (κ1) is 15.5. The molecule has 1 amide bonds. The van der Waals surface area contributed by atoms with E-state index in [-0.39, 0.29) is 12.5 Å². The molecule has 1 atom stereocenters. The summed E-state index contributed by atoms with van der Waals surface area (Å²) in [7, 11) is 0. The van der Waals surface area contributed by atoms with Crippen molar-refractivity contribution in [3.05, 3.63) is 41.7 Å². The number of ether oxygens (including phenoxy) is 1. The Balaban J connectivity index is 1.72. The van der Waals surface area contributed by atoms with E-state index in [0.29, 0.717) is 36.6 Å². The van der Waals surface area contributed by atoms with E-state index in [1.165, 1.54) is 6.20 Å². The summed E-state index contributed by atoms with van der Waals surface area (Å²) in [6.07, 6.45) is 2.85. The van der Waals surface area contributed by atoms with Gasteiger partial charge in [-0.25, -0.2) is 0 Å². The Morgan fingerprint density at radius 3 is 3.13 bits per heavy atom. The highest BCUT2D eigenvalue weighted by molar-refractivity contribution is 5.94. The number of carbonyl (C=O) groups is 1. The van der Waals surface area contributed by atoms with Gasteiger partial charge >= 0.3 is 0 Å². The molecular formula is C16H20N4O3. The number of aromatic amines is 1. The second-order valence-electron chi connectivity index (χ2n) is 5.74. The van der Waals surface area contributed by atoms with E-state index in [9.17, 15) is 9.90 Å². The van der Waals surface area contributed by atoms with Crippen LogP contribution < -0.4 is 4.74 Å². The third kappa shape index (κ3) is 3.19. The minimum absolute atomic E-state index is 0.119. The maximum absolute atomic E-state index is 12.6. The molecule has 0 unspecified atom stereocenters. The number of likely N-dealkylation sites (tertiary alicyclic amines) is 1. The van der Waals surface area contributed by atoms with Crippen LogP contribution in [0.25, 0.3) is 0 Å². The van der Waals surface area contributed by atoms with E-state index in [4.69, 9.17) is 4.74 Å². The zero-order valence-corrected chi connectivity index (χ0v) is 13.0. The van der Waals surface area contributed by atoms with Gasteiger partial charge in [0.25, 0.3) is 5.91 Å². The van der Waals surface area contributed by atoms with Crippen molar-refractivity contribution in [1.29, 1.82) is 0 Å². The zero-order chi connectivity index (χ0) is 16.3. The molecule has 1 fully saturated rings. The quantitative estimate of drug-likeness (QED) is 0.868. The molecule has 1 aromatic heterocycles. The van der Waals surface area contributed by atoms with E-state index < -0.39 is 5.60 Å². The van der Waals surface area contributed by atoms with E-state index in [0.717, 1.165) is 6.42 Å². The molecule has 0 saturated carbocycles. The number of nitrogens with zero attached hydrogens (tertiary/aromatic N) is 3. The Morgan fingerprint density at radius 1 is 1.52 bits per heavy atom. The molecule has 2 heterocycles. The predicted molar refractivity (Wildman–Crippen MR) is 83.0 cm³/mol. The van der Waals surface area contributed by atoms with Gasteiger partial charge in [0.2, 0.25) is 0 Å². The fraction of sp³-hybridized carbons (Fsp3) is 0.438. The van der Waals surface area contributed by atoms with Crippen LogP contribution in [-0.2, 0) is 5.60 Å². The number of aromatic nitrogens is 3. The number of benzene rings is 1. The fourth-order valence-electron chi connectivity index (χ4n) is 2.72. The van der Waals surface area contributed by atoms with Crippen LogP contribution in [0.4, 0.5) is 0 Å². The van der Waals surface area contributed by atoms with Crippen molar-refractivity contribution in [2.45, 2.75) is 25.4 Å². The SMILES string of the molecule is CCCOc1cccc(C(=O)N2CC[C@@](O)(c3cn[nH]n3)C2)c1. The third-order valence-electron chi connectivity index (χ3n) is 3.98. The molecule has 1 aromatic carbocycles. The molecule has 0 radical (unpaired) electrons. The predicted octanol–water partition coefficient (Wildman–Crippen LogP) is 1.33. The Morgan fingerprint density at radius 2 is 2.39 bits per heavy atom. The van der Waals surface area contributed by atoms with Gasteiger partial charge in [0, 0.05) is 18.5 Å². The van der Waals surface area contributed by atoms with E-state index in [2.05, 4.69) is 15.4 Å². The van der Waals surface area contributed by atoms with Crippen LogP contribution >= 0.6 is 0 Å². The van der Waals surface area contributed by atoms with Crippen molar-refractivity contribution in [3.63, 3.8) is 0 Å². The number of amides is 1. The lowest BCUT2D eigenvalue weighted by Gasteiger charge is -2.21. The molecular weight excluding hydrogens is 296 g/mol. The summed E-state index contributed by atoms with van der Waals surface area (Å²) in [5.74, 6) is 0.565. The minimum Gasteiger partial charge on any atom is -0.494 e. The van der Waals surface area contributed by atoms with E-state index in [1.54, 1.807) is 23.1 Å². The zero-order valence-electron chi connectivity index (χ0n) is 13.0. The van der Waals surface area contributed by atoms with Crippen LogP contribution in [0.1, 0.15) is 35.8 Å². The highest BCUT2D eigenvalue weighted by Crippen LogP contribution is 2.31. The first-order valence-electron chi connectivity index (χ1n) is 7.73. The van der Waals surface area contributed by atoms with Gasteiger partial charge in [-0.05, 0) is 24.6 Å². The molecule has 0 spiro atoms. The molecule has 2 N–H and O–H groups in total. The smallest absolute Gasteiger partial charge is 0.254 e. The topological polar surface area (TPSA) is 91.3 Å². The van der Waals surface area contributed by atoms with Crippen LogP contribution in [-0.4, -0.2) is 51.0 Å². The maximum Gasteiger partial charge on any atom is 0.254 e. The summed E-state index contributed by atoms with van der Waals surface area (Å²) in [4.78, 5) is 14.3. The van der Waals surface area contributed by atoms with Gasteiger partial charge < -0.3 is 14.7 Å². The van der Waals surface area contributed by atoms with Gasteiger partial charge in [0.05, 0.1) is 19.3 Å². The maximum atomic E-state index is 12.6. The number of rotatable bonds is 5. The summed E-state index contributed by atoms with van der Waals surface area (Å²) >= 11 is 0. The van der Waals surface area contributed by atoms with Gasteiger partial charge in [-0.3, -0.25) is 4.79 Å². The molecule has 1 saturated heterocycles. The van der Waals surface area contributed by atoms with E-state index >= 15 is 0 Å². The van der Waals surface area contributed by atoms with Gasteiger partial charge in [-0.1, -0.05) is 13.0 Å². The van der Waals surface area contributed by atoms with Gasteiger partial charge in [0.15, 0.2) is 0 Å². The van der Waals surface area contributed by atoms with Crippen LogP contribution in [0.3, 0.4) is 0 Å². The molecule has 122 valence electrons. The Bertz CT molecular complexity index is 674. The van der Waals surface area contributed by atoms with Crippen LogP contribution in [0, 0.1) is 0 Å². The number of nitrogens with one attached hydrogen (secondary N) is 1. The number of H-pyrrole nitrogens is 1. The third-order valence-corrected chi connectivity index (χ3v) is 3.98. The lowest BCUT2D eigenvalue weighted by atomic mass is 10.00. The summed E-state index contributed by atoms with van der Waals surface area (Å²) in [6, 6.07) is 7.14. The lowest BCUT2D eigenvalue weighted by Crippen LogP contribution is -2.34. The second-order valence-corrected chi connectivity index (χ2v) is 5.74. The molecule has 2 aromatic rings. The van der Waals surface area contributed by atoms with Crippen molar-refractivity contribution >= 4 is 5.91 Å². The molecule has 23 heavy (non-hydrogen) atoms. The van der Waals surface area contributed by atoms with Crippen molar-refractivity contribution in [2.24, 2.45) is 0 Å². The van der Waals surface area contributed by atoms with Crippen molar-refractivity contribution in [1.82, 2.24) is 20.3 Å². The Labute approximate surface area is 134 Å². The first-order valence-corrected chi connectivity index (χ1v) is 7.73. The summed E-state index contributed by atoms with van der Waals surface area (Å²) in [6.45, 7) is 3.33. The molecule has 7 heteroatoms. The fourth-order valence-corrected chi connectivity index (χ4v) is 2.72. The average molecular weight is 316 g/mol. The number of aliphatic hydroxyl groups is 1. The average Bonchev–Trinajstić information content (AvgIpc) is 3.23. The molecule has 0 aliphatic carbocycles. The summed E-state index contributed by atoms with van der Waals surface area (Å²) in [5.41, 5.74) is -0.116. The molecule has 1 aliphatic heterocycles. The van der Waals surface area contributed by atoms with Crippen LogP contribution in [0.5, 0.6) is 5.75 Å². The highest BCUT2D eigenvalue weighted by atomic mass is 16.5. The van der Waals surface area contributed by atoms with Gasteiger partial charge in [-0.2, -0.15) is 15.4 Å². The highest BCUT2D eigenvalue weighted by Gasteiger charge is 2.41. The van der Waals surface area contributed by atoms with Crippen LogP contribution in [0.2, 0.25) is 0 Å². The number of carbonyl (C=O) groups excluding carboxylic acids is 1. The molecule has 3 rings (SSSR count). The Hall–Kier alpha value is -2.41. The first-order chi connectivity index (χ1) is 11.1. The van der Waals surface area contributed by atoms with E-state index in [1.807, 2.05) is 13.0 Å². The lowest BCUT2D eigenvalue weighted by molar-refractivity contribution is 0.0382.